The summed E-state index contributed by atoms with van der Waals surface area (Å²) in [5.74, 6) is 0.268. The fraction of sp³-hybridized carbons (Fsp3) is 0.615. The van der Waals surface area contributed by atoms with E-state index in [4.69, 9.17) is 4.98 Å². The van der Waals surface area contributed by atoms with Gasteiger partial charge < -0.3 is 14.4 Å². The monoisotopic (exact) mass is 435 g/mol. The number of imidazole rings is 1. The largest absolute Gasteiger partial charge is 0.341 e. The Morgan fingerprint density at radius 2 is 1.75 bits per heavy atom. The summed E-state index contributed by atoms with van der Waals surface area (Å²) in [4.78, 5) is 25.9. The van der Waals surface area contributed by atoms with Crippen LogP contribution in [0.25, 0.3) is 0 Å². The van der Waals surface area contributed by atoms with Gasteiger partial charge in [-0.05, 0) is 58.2 Å². The Morgan fingerprint density at radius 3 is 2.44 bits per heavy atom. The van der Waals surface area contributed by atoms with Crippen molar-refractivity contribution in [1.82, 2.24) is 24.3 Å². The van der Waals surface area contributed by atoms with Crippen LogP contribution >= 0.6 is 0 Å². The molecule has 2 saturated heterocycles. The first-order valence-corrected chi connectivity index (χ1v) is 12.5. The lowest BCUT2D eigenvalue weighted by Crippen LogP contribution is -2.51. The molecule has 4 heterocycles. The summed E-state index contributed by atoms with van der Waals surface area (Å²) in [5.41, 5.74) is 3.49. The van der Waals surface area contributed by atoms with Gasteiger partial charge in [-0.2, -0.15) is 0 Å². The Hall–Kier alpha value is -2.18. The van der Waals surface area contributed by atoms with Gasteiger partial charge in [0.15, 0.2) is 0 Å². The molecule has 1 unspecified atom stereocenters. The van der Waals surface area contributed by atoms with Crippen molar-refractivity contribution in [2.45, 2.75) is 70.6 Å². The van der Waals surface area contributed by atoms with Crippen LogP contribution in [0.15, 0.2) is 36.7 Å². The molecule has 6 nitrogen and oxygen atoms in total. The van der Waals surface area contributed by atoms with Gasteiger partial charge in [-0.25, -0.2) is 4.98 Å². The minimum atomic E-state index is -0.243. The Balaban J connectivity index is 1.39. The van der Waals surface area contributed by atoms with Gasteiger partial charge in [0, 0.05) is 44.7 Å². The summed E-state index contributed by atoms with van der Waals surface area (Å²) in [6.07, 6.45) is 7.72. The van der Waals surface area contributed by atoms with Gasteiger partial charge in [0.05, 0.1) is 17.7 Å². The van der Waals surface area contributed by atoms with Crippen LogP contribution in [0.3, 0.4) is 0 Å². The summed E-state index contributed by atoms with van der Waals surface area (Å²) in [5, 5.41) is 0. The van der Waals surface area contributed by atoms with Gasteiger partial charge in [0.2, 0.25) is 5.91 Å². The molecule has 1 amide bonds. The normalized spacial score (nSPS) is 23.1. The minimum absolute atomic E-state index is 0.243. The van der Waals surface area contributed by atoms with E-state index in [2.05, 4.69) is 63.4 Å². The molecular weight excluding hydrogens is 398 g/mol. The number of hydrogen-bond acceptors (Lipinski definition) is 4. The molecule has 0 bridgehead atoms. The second kappa shape index (κ2) is 9.36. The Bertz CT molecular complexity index is 910. The summed E-state index contributed by atoms with van der Waals surface area (Å²) >= 11 is 0. The van der Waals surface area contributed by atoms with Crippen molar-refractivity contribution < 1.29 is 4.79 Å². The molecule has 3 aliphatic heterocycles. The second-order valence-electron chi connectivity index (χ2n) is 9.99. The van der Waals surface area contributed by atoms with E-state index < -0.39 is 0 Å². The molecule has 6 heteroatoms. The van der Waals surface area contributed by atoms with Crippen molar-refractivity contribution in [1.29, 1.82) is 0 Å². The van der Waals surface area contributed by atoms with Crippen LogP contribution in [0.5, 0.6) is 0 Å². The Labute approximate surface area is 192 Å². The molecule has 1 aromatic carbocycles. The first-order valence-electron chi connectivity index (χ1n) is 12.5. The number of nitrogens with zero attached hydrogens (tertiary/aromatic N) is 5. The van der Waals surface area contributed by atoms with Crippen molar-refractivity contribution in [3.8, 4) is 0 Å². The van der Waals surface area contributed by atoms with Crippen LogP contribution in [-0.4, -0.2) is 68.9 Å². The minimum Gasteiger partial charge on any atom is -0.341 e. The van der Waals surface area contributed by atoms with Gasteiger partial charge >= 0.3 is 0 Å². The van der Waals surface area contributed by atoms with Gasteiger partial charge in [0.1, 0.15) is 6.04 Å². The standard InChI is InChI=1S/C26H37N5O/c1-20(2)31-19-27-23-12-17-30(18-21-8-4-3-5-9-21)25(24(23)31)26(32)29-15-10-22(11-16-29)28-13-6-7-14-28/h3-5,8-9,19-20,22,25H,6-7,10-18H2,1-2H3. The number of likely N-dealkylation sites (tertiary alicyclic amines) is 2. The number of benzene rings is 1. The number of rotatable bonds is 5. The third-order valence-electron chi connectivity index (χ3n) is 7.62. The van der Waals surface area contributed by atoms with Crippen molar-refractivity contribution in [3.05, 3.63) is 53.6 Å². The summed E-state index contributed by atoms with van der Waals surface area (Å²) in [7, 11) is 0. The van der Waals surface area contributed by atoms with E-state index >= 15 is 0 Å². The number of amides is 1. The average Bonchev–Trinajstić information content (AvgIpc) is 3.50. The molecule has 2 aromatic rings. The van der Waals surface area contributed by atoms with Crippen LogP contribution in [0.4, 0.5) is 0 Å². The molecule has 32 heavy (non-hydrogen) atoms. The van der Waals surface area contributed by atoms with E-state index in [1.165, 1.54) is 31.5 Å². The fourth-order valence-corrected chi connectivity index (χ4v) is 5.86. The maximum Gasteiger partial charge on any atom is 0.246 e. The quantitative estimate of drug-likeness (QED) is 0.719. The molecule has 1 atom stereocenters. The fourth-order valence-electron chi connectivity index (χ4n) is 5.86. The molecule has 0 saturated carbocycles. The van der Waals surface area contributed by atoms with E-state index in [9.17, 15) is 4.79 Å². The zero-order valence-corrected chi connectivity index (χ0v) is 19.6. The van der Waals surface area contributed by atoms with E-state index in [1.54, 1.807) is 0 Å². The number of aromatic nitrogens is 2. The van der Waals surface area contributed by atoms with Crippen molar-refractivity contribution in [2.24, 2.45) is 0 Å². The maximum atomic E-state index is 14.0. The van der Waals surface area contributed by atoms with Crippen LogP contribution in [-0.2, 0) is 17.8 Å². The molecule has 0 N–H and O–H groups in total. The first-order chi connectivity index (χ1) is 15.6. The van der Waals surface area contributed by atoms with Gasteiger partial charge in [-0.3, -0.25) is 9.69 Å². The van der Waals surface area contributed by atoms with Crippen molar-refractivity contribution in [2.75, 3.05) is 32.7 Å². The number of hydrogen-bond donors (Lipinski definition) is 0. The van der Waals surface area contributed by atoms with E-state index in [-0.39, 0.29) is 11.9 Å². The van der Waals surface area contributed by atoms with Crippen LogP contribution in [0, 0.1) is 0 Å². The van der Waals surface area contributed by atoms with E-state index in [1.807, 2.05) is 6.33 Å². The smallest absolute Gasteiger partial charge is 0.246 e. The van der Waals surface area contributed by atoms with Crippen LogP contribution in [0.1, 0.15) is 68.6 Å². The highest BCUT2D eigenvalue weighted by Crippen LogP contribution is 2.35. The molecule has 0 aliphatic carbocycles. The highest BCUT2D eigenvalue weighted by Gasteiger charge is 2.40. The number of piperidine rings is 1. The lowest BCUT2D eigenvalue weighted by Gasteiger charge is -2.42. The summed E-state index contributed by atoms with van der Waals surface area (Å²) < 4.78 is 2.23. The third-order valence-corrected chi connectivity index (χ3v) is 7.62. The number of fused-ring (bicyclic) bond motifs is 1. The van der Waals surface area contributed by atoms with Gasteiger partial charge in [-0.1, -0.05) is 30.3 Å². The highest BCUT2D eigenvalue weighted by atomic mass is 16.2. The lowest BCUT2D eigenvalue weighted by molar-refractivity contribution is -0.140. The topological polar surface area (TPSA) is 44.6 Å². The summed E-state index contributed by atoms with van der Waals surface area (Å²) in [6, 6.07) is 11.3. The molecule has 1 aromatic heterocycles. The van der Waals surface area contributed by atoms with Crippen LogP contribution in [0.2, 0.25) is 0 Å². The highest BCUT2D eigenvalue weighted by molar-refractivity contribution is 5.83. The maximum absolute atomic E-state index is 14.0. The number of carbonyl (C=O) groups excluding carboxylic acids is 1. The summed E-state index contributed by atoms with van der Waals surface area (Å²) in [6.45, 7) is 10.3. The molecule has 3 aliphatic rings. The first kappa shape index (κ1) is 21.7. The van der Waals surface area contributed by atoms with Crippen molar-refractivity contribution in [3.63, 3.8) is 0 Å². The Morgan fingerprint density at radius 1 is 1.03 bits per heavy atom. The van der Waals surface area contributed by atoms with Gasteiger partial charge in [0.25, 0.3) is 0 Å². The number of carbonyl (C=O) groups is 1. The molecule has 0 radical (unpaired) electrons. The lowest BCUT2D eigenvalue weighted by atomic mass is 9.97. The molecule has 172 valence electrons. The molecule has 0 spiro atoms. The average molecular weight is 436 g/mol. The zero-order chi connectivity index (χ0) is 22.1. The van der Waals surface area contributed by atoms with E-state index in [0.29, 0.717) is 12.1 Å². The van der Waals surface area contributed by atoms with E-state index in [0.717, 1.165) is 56.8 Å². The van der Waals surface area contributed by atoms with Gasteiger partial charge in [-0.15, -0.1) is 0 Å². The van der Waals surface area contributed by atoms with Crippen molar-refractivity contribution >= 4 is 5.91 Å². The third kappa shape index (κ3) is 4.23. The molecule has 2 fully saturated rings. The molecular formula is C26H37N5O. The Kier molecular flexibility index (Phi) is 6.33. The SMILES string of the molecule is CC(C)n1cnc2c1C(C(=O)N1CCC(N3CCCC3)CC1)N(Cc1ccccc1)CC2. The molecule has 5 rings (SSSR count). The predicted molar refractivity (Wildman–Crippen MR) is 126 cm³/mol. The zero-order valence-electron chi connectivity index (χ0n) is 19.6. The second-order valence-corrected chi connectivity index (χ2v) is 9.99. The predicted octanol–water partition coefficient (Wildman–Crippen LogP) is 3.65. The van der Waals surface area contributed by atoms with Crippen LogP contribution < -0.4 is 0 Å².